The molecule has 0 amide bonds. The summed E-state index contributed by atoms with van der Waals surface area (Å²) in [6.07, 6.45) is 18.2. The Bertz CT molecular complexity index is 2680. The average molecular weight is 753 g/mol. The Morgan fingerprint density at radius 1 is 0.362 bits per heavy atom. The second-order valence-electron chi connectivity index (χ2n) is 15.4. The Kier molecular flexibility index (Phi) is 9.05. The molecule has 5 aliphatic rings. The number of hydrogen-bond acceptors (Lipinski definition) is 6. The first-order valence-corrected chi connectivity index (χ1v) is 19.4. The van der Waals surface area contributed by atoms with E-state index in [-0.39, 0.29) is 0 Å². The molecule has 4 aromatic carbocycles. The number of nitrogens with zero attached hydrogens (tertiary/aromatic N) is 4. The lowest BCUT2D eigenvalue weighted by Gasteiger charge is -2.17. The first-order valence-electron chi connectivity index (χ1n) is 19.4. The van der Waals surface area contributed by atoms with Crippen LogP contribution in [0.2, 0.25) is 0 Å². The highest BCUT2D eigenvalue weighted by Crippen LogP contribution is 2.40. The summed E-state index contributed by atoms with van der Waals surface area (Å²) < 4.78 is 0. The van der Waals surface area contributed by atoms with Crippen LogP contribution in [0.5, 0.6) is 0 Å². The van der Waals surface area contributed by atoms with Gasteiger partial charge in [-0.05, 0) is 135 Å². The van der Waals surface area contributed by atoms with E-state index in [1.54, 1.807) is 0 Å². The standard InChI is InChI=1S/C52H40N4O2/c1-29-23-31(3)47(32(4)24-29)51-43-19-15-39(53-43)49(37-11-7-35(27-57)8-12-37)41-17-21-45(55-41)52(48-33(5)25-30(2)26-34(48)6)46-22-18-42(56-46)50(40-16-20-44(51)54-40)38-13-9-36(28-58)10-14-38/h7-28H,1-6H3. The van der Waals surface area contributed by atoms with E-state index in [2.05, 4.69) is 114 Å². The Morgan fingerprint density at radius 3 is 0.931 bits per heavy atom. The van der Waals surface area contributed by atoms with Crippen LogP contribution in [-0.4, -0.2) is 35.4 Å². The molecule has 0 aromatic heterocycles. The van der Waals surface area contributed by atoms with Gasteiger partial charge in [-0.15, -0.1) is 0 Å². The predicted octanol–water partition coefficient (Wildman–Crippen LogP) is 11.2. The maximum Gasteiger partial charge on any atom is 0.150 e. The number of carbonyl (C=O) groups is 2. The Labute approximate surface area is 338 Å². The summed E-state index contributed by atoms with van der Waals surface area (Å²) in [6, 6.07) is 24.0. The molecule has 6 nitrogen and oxygen atoms in total. The van der Waals surface area contributed by atoms with Crippen LogP contribution in [0, 0.1) is 41.5 Å². The second kappa shape index (κ2) is 14.4. The van der Waals surface area contributed by atoms with E-state index >= 15 is 0 Å². The second-order valence-corrected chi connectivity index (χ2v) is 15.4. The molecular weight excluding hydrogens is 713 g/mol. The van der Waals surface area contributed by atoms with Gasteiger partial charge in [0.05, 0.1) is 45.6 Å². The number of carbonyl (C=O) groups excluding carboxylic acids is 2. The van der Waals surface area contributed by atoms with E-state index in [4.69, 9.17) is 20.0 Å². The molecule has 0 radical (unpaired) electrons. The van der Waals surface area contributed by atoms with Gasteiger partial charge in [0, 0.05) is 33.4 Å². The molecule has 0 atom stereocenters. The molecule has 5 heterocycles. The van der Waals surface area contributed by atoms with Crippen molar-refractivity contribution in [2.24, 2.45) is 20.0 Å². The van der Waals surface area contributed by atoms with Crippen LogP contribution < -0.4 is 0 Å². The van der Waals surface area contributed by atoms with Crippen LogP contribution >= 0.6 is 0 Å². The summed E-state index contributed by atoms with van der Waals surface area (Å²) in [5.41, 5.74) is 21.8. The van der Waals surface area contributed by atoms with E-state index in [0.717, 1.165) is 125 Å². The van der Waals surface area contributed by atoms with Crippen molar-refractivity contribution in [2.45, 2.75) is 41.5 Å². The Balaban J connectivity index is 1.40. The van der Waals surface area contributed by atoms with Crippen molar-refractivity contribution in [3.05, 3.63) is 211 Å². The Hall–Kier alpha value is -7.18. The van der Waals surface area contributed by atoms with Gasteiger partial charge in [0.25, 0.3) is 0 Å². The number of fused-ring (bicyclic) bond motifs is 4. The van der Waals surface area contributed by atoms with E-state index < -0.39 is 0 Å². The lowest BCUT2D eigenvalue weighted by Crippen LogP contribution is -2.06. The number of aryl methyl sites for hydroxylation is 6. The van der Waals surface area contributed by atoms with Crippen molar-refractivity contribution in [3.8, 4) is 0 Å². The third-order valence-electron chi connectivity index (χ3n) is 11.1. The SMILES string of the molecule is Cc1cc(C)c(C2=C3C=CC(=N3)C(c3ccc(C=O)cc3)=C3C=CC(=N3)C(c3c(C)cc(C)cc3C)=C3C=CC(=N3)C(c3ccc(C=O)cc3)=C3C=CC2=N3)c(C)c1. The van der Waals surface area contributed by atoms with Crippen LogP contribution in [0.1, 0.15) is 76.4 Å². The number of allylic oxidation sites excluding steroid dienone is 12. The van der Waals surface area contributed by atoms with E-state index in [0.29, 0.717) is 11.1 Å². The topological polar surface area (TPSA) is 83.6 Å². The summed E-state index contributed by atoms with van der Waals surface area (Å²) in [6.45, 7) is 12.8. The highest BCUT2D eigenvalue weighted by Gasteiger charge is 2.29. The maximum absolute atomic E-state index is 11.7. The van der Waals surface area contributed by atoms with Crippen LogP contribution in [0.4, 0.5) is 0 Å². The quantitative estimate of drug-likeness (QED) is 0.184. The number of rotatable bonds is 6. The molecule has 4 aromatic rings. The third kappa shape index (κ3) is 6.33. The zero-order chi connectivity index (χ0) is 40.2. The summed E-state index contributed by atoms with van der Waals surface area (Å²) >= 11 is 0. The first-order chi connectivity index (χ1) is 28.1. The lowest BCUT2D eigenvalue weighted by molar-refractivity contribution is 0.111. The molecule has 5 aliphatic heterocycles. The maximum atomic E-state index is 11.7. The molecule has 280 valence electrons. The zero-order valence-electron chi connectivity index (χ0n) is 33.3. The molecule has 0 aliphatic carbocycles. The number of aldehydes is 2. The van der Waals surface area contributed by atoms with Crippen molar-refractivity contribution < 1.29 is 9.59 Å². The van der Waals surface area contributed by atoms with Crippen molar-refractivity contribution in [3.63, 3.8) is 0 Å². The van der Waals surface area contributed by atoms with Gasteiger partial charge in [-0.2, -0.15) is 0 Å². The number of aliphatic imine (C=N–C) groups is 4. The minimum atomic E-state index is 0.596. The fraction of sp³-hybridized carbons (Fsp3) is 0.115. The highest BCUT2D eigenvalue weighted by molar-refractivity contribution is 6.40. The van der Waals surface area contributed by atoms with Gasteiger partial charge in [0.2, 0.25) is 0 Å². The molecule has 0 unspecified atom stereocenters. The zero-order valence-corrected chi connectivity index (χ0v) is 33.3. The molecule has 0 fully saturated rings. The highest BCUT2D eigenvalue weighted by atomic mass is 16.1. The smallest absolute Gasteiger partial charge is 0.150 e. The fourth-order valence-corrected chi connectivity index (χ4v) is 8.80. The molecule has 0 N–H and O–H groups in total. The van der Waals surface area contributed by atoms with Crippen LogP contribution in [0.15, 0.2) is 164 Å². The van der Waals surface area contributed by atoms with Gasteiger partial charge < -0.3 is 0 Å². The van der Waals surface area contributed by atoms with Crippen molar-refractivity contribution in [2.75, 3.05) is 0 Å². The normalized spacial score (nSPS) is 16.8. The number of hydrogen-bond donors (Lipinski definition) is 0. The predicted molar refractivity (Wildman–Crippen MR) is 239 cm³/mol. The summed E-state index contributed by atoms with van der Waals surface area (Å²) in [5, 5.41) is 0. The molecule has 0 saturated heterocycles. The minimum Gasteiger partial charge on any atom is -0.298 e. The molecule has 8 bridgehead atoms. The van der Waals surface area contributed by atoms with Crippen molar-refractivity contribution >= 4 is 57.7 Å². The van der Waals surface area contributed by atoms with Crippen molar-refractivity contribution in [1.29, 1.82) is 0 Å². The first kappa shape index (κ1) is 36.5. The minimum absolute atomic E-state index is 0.596. The summed E-state index contributed by atoms with van der Waals surface area (Å²) in [4.78, 5) is 45.1. The van der Waals surface area contributed by atoms with Gasteiger partial charge in [-0.25, -0.2) is 20.0 Å². The van der Waals surface area contributed by atoms with Gasteiger partial charge >= 0.3 is 0 Å². The molecule has 58 heavy (non-hydrogen) atoms. The molecule has 0 spiro atoms. The molecule has 9 rings (SSSR count). The largest absolute Gasteiger partial charge is 0.298 e. The molecular formula is C52H40N4O2. The van der Waals surface area contributed by atoms with Crippen LogP contribution in [-0.2, 0) is 0 Å². The van der Waals surface area contributed by atoms with Gasteiger partial charge in [0.15, 0.2) is 0 Å². The average Bonchev–Trinajstić information content (AvgIpc) is 4.05. The Morgan fingerprint density at radius 2 is 0.638 bits per heavy atom. The fourth-order valence-electron chi connectivity index (χ4n) is 8.80. The van der Waals surface area contributed by atoms with E-state index in [9.17, 15) is 9.59 Å². The molecule has 0 saturated carbocycles. The van der Waals surface area contributed by atoms with Crippen LogP contribution in [0.3, 0.4) is 0 Å². The molecule has 6 heteroatoms. The summed E-state index contributed by atoms with van der Waals surface area (Å²) in [5.74, 6) is 0. The third-order valence-corrected chi connectivity index (χ3v) is 11.1. The van der Waals surface area contributed by atoms with Gasteiger partial charge in [-0.1, -0.05) is 83.9 Å². The van der Waals surface area contributed by atoms with Gasteiger partial charge in [-0.3, -0.25) is 9.59 Å². The van der Waals surface area contributed by atoms with Gasteiger partial charge in [0.1, 0.15) is 12.6 Å². The van der Waals surface area contributed by atoms with Crippen molar-refractivity contribution in [1.82, 2.24) is 0 Å². The number of benzene rings is 4. The van der Waals surface area contributed by atoms with Crippen LogP contribution in [0.25, 0.3) is 22.3 Å². The van der Waals surface area contributed by atoms with E-state index in [1.807, 2.05) is 48.5 Å². The van der Waals surface area contributed by atoms with E-state index in [1.165, 1.54) is 11.1 Å². The monoisotopic (exact) mass is 752 g/mol. The lowest BCUT2D eigenvalue weighted by atomic mass is 9.90. The summed E-state index contributed by atoms with van der Waals surface area (Å²) in [7, 11) is 0.